The van der Waals surface area contributed by atoms with Gasteiger partial charge in [-0.05, 0) is 38.1 Å². The minimum absolute atomic E-state index is 0.103. The van der Waals surface area contributed by atoms with Gasteiger partial charge in [0, 0.05) is 16.6 Å². The third kappa shape index (κ3) is 2.42. The molecule has 1 heterocycles. The number of benzene rings is 2. The fourth-order valence-electron chi connectivity index (χ4n) is 2.45. The van der Waals surface area contributed by atoms with Crippen LogP contribution in [0.2, 0.25) is 0 Å². The largest absolute Gasteiger partial charge is 0.288 e. The first kappa shape index (κ1) is 13.4. The summed E-state index contributed by atoms with van der Waals surface area (Å²) in [6.07, 6.45) is 0. The van der Waals surface area contributed by atoms with E-state index in [1.54, 1.807) is 18.2 Å². The summed E-state index contributed by atoms with van der Waals surface area (Å²) in [7, 11) is 0. The smallest absolute Gasteiger partial charge is 0.196 e. The van der Waals surface area contributed by atoms with Crippen LogP contribution in [0.25, 0.3) is 10.9 Å². The Morgan fingerprint density at radius 2 is 1.76 bits per heavy atom. The number of aryl methyl sites for hydroxylation is 2. The molecule has 0 aliphatic carbocycles. The predicted molar refractivity (Wildman–Crippen MR) is 81.0 cm³/mol. The van der Waals surface area contributed by atoms with E-state index in [0.29, 0.717) is 5.56 Å². The van der Waals surface area contributed by atoms with Crippen molar-refractivity contribution in [1.82, 2.24) is 4.98 Å². The van der Waals surface area contributed by atoms with Crippen molar-refractivity contribution in [3.63, 3.8) is 0 Å². The number of rotatable bonds is 2. The Morgan fingerprint density at radius 3 is 2.57 bits per heavy atom. The highest BCUT2D eigenvalue weighted by Gasteiger charge is 2.17. The Morgan fingerprint density at radius 1 is 1.00 bits per heavy atom. The SMILES string of the molecule is Cc1ccc(F)c(C(=O)c2cc(C)nc3ccccc23)c1. The van der Waals surface area contributed by atoms with Crippen LogP contribution in [0, 0.1) is 19.7 Å². The van der Waals surface area contributed by atoms with Crippen molar-refractivity contribution in [3.8, 4) is 0 Å². The number of nitrogens with zero attached hydrogens (tertiary/aromatic N) is 1. The van der Waals surface area contributed by atoms with Crippen molar-refractivity contribution in [2.45, 2.75) is 13.8 Å². The molecular weight excluding hydrogens is 265 g/mol. The number of pyridine rings is 1. The first-order valence-corrected chi connectivity index (χ1v) is 6.73. The van der Waals surface area contributed by atoms with Gasteiger partial charge >= 0.3 is 0 Å². The van der Waals surface area contributed by atoms with Gasteiger partial charge in [0.1, 0.15) is 5.82 Å². The molecule has 21 heavy (non-hydrogen) atoms. The first-order chi connectivity index (χ1) is 10.1. The number of hydrogen-bond acceptors (Lipinski definition) is 2. The number of ketones is 1. The molecule has 2 aromatic carbocycles. The topological polar surface area (TPSA) is 30.0 Å². The maximum absolute atomic E-state index is 14.0. The summed E-state index contributed by atoms with van der Waals surface area (Å²) in [6.45, 7) is 3.67. The second kappa shape index (κ2) is 5.09. The van der Waals surface area contributed by atoms with Crippen molar-refractivity contribution in [2.75, 3.05) is 0 Å². The van der Waals surface area contributed by atoms with Crippen molar-refractivity contribution in [3.05, 3.63) is 76.7 Å². The monoisotopic (exact) mass is 279 g/mol. The lowest BCUT2D eigenvalue weighted by molar-refractivity contribution is 0.103. The molecule has 104 valence electrons. The summed E-state index contributed by atoms with van der Waals surface area (Å²) < 4.78 is 14.0. The first-order valence-electron chi connectivity index (χ1n) is 6.73. The molecule has 0 fully saturated rings. The van der Waals surface area contributed by atoms with Gasteiger partial charge in [-0.1, -0.05) is 29.8 Å². The van der Waals surface area contributed by atoms with Crippen molar-refractivity contribution in [1.29, 1.82) is 0 Å². The molecule has 0 aliphatic rings. The highest BCUT2D eigenvalue weighted by Crippen LogP contribution is 2.23. The van der Waals surface area contributed by atoms with Gasteiger partial charge < -0.3 is 0 Å². The molecule has 0 radical (unpaired) electrons. The maximum atomic E-state index is 14.0. The number of carbonyl (C=O) groups excluding carboxylic acids is 1. The summed E-state index contributed by atoms with van der Waals surface area (Å²) in [5.74, 6) is -0.804. The van der Waals surface area contributed by atoms with Crippen molar-refractivity contribution >= 4 is 16.7 Å². The molecule has 0 amide bonds. The average Bonchev–Trinajstić information content (AvgIpc) is 2.48. The number of fused-ring (bicyclic) bond motifs is 1. The van der Waals surface area contributed by atoms with Crippen LogP contribution in [0.1, 0.15) is 27.2 Å². The summed E-state index contributed by atoms with van der Waals surface area (Å²) in [5, 5.41) is 0.744. The van der Waals surface area contributed by atoms with Crippen LogP contribution in [0.4, 0.5) is 4.39 Å². The van der Waals surface area contributed by atoms with Gasteiger partial charge in [-0.2, -0.15) is 0 Å². The standard InChI is InChI=1S/C18H14FNO/c1-11-7-8-16(19)15(9-11)18(21)14-10-12(2)20-17-6-4-3-5-13(14)17/h3-10H,1-2H3. The summed E-state index contributed by atoms with van der Waals surface area (Å²) >= 11 is 0. The third-order valence-corrected chi connectivity index (χ3v) is 3.46. The minimum atomic E-state index is -0.496. The fraction of sp³-hybridized carbons (Fsp3) is 0.111. The molecule has 0 saturated heterocycles. The van der Waals surface area contributed by atoms with Crippen LogP contribution >= 0.6 is 0 Å². The van der Waals surface area contributed by atoms with E-state index in [4.69, 9.17) is 0 Å². The third-order valence-electron chi connectivity index (χ3n) is 3.46. The normalized spacial score (nSPS) is 10.8. The predicted octanol–water partition coefficient (Wildman–Crippen LogP) is 4.22. The van der Waals surface area contributed by atoms with Crippen LogP contribution in [-0.4, -0.2) is 10.8 Å². The molecule has 0 aliphatic heterocycles. The van der Waals surface area contributed by atoms with Crippen LogP contribution in [0.5, 0.6) is 0 Å². The highest BCUT2D eigenvalue weighted by molar-refractivity contribution is 6.16. The van der Waals surface area contributed by atoms with Crippen molar-refractivity contribution < 1.29 is 9.18 Å². The van der Waals surface area contributed by atoms with Crippen LogP contribution in [-0.2, 0) is 0 Å². The zero-order chi connectivity index (χ0) is 15.0. The van der Waals surface area contributed by atoms with E-state index in [0.717, 1.165) is 22.2 Å². The van der Waals surface area contributed by atoms with E-state index in [1.165, 1.54) is 6.07 Å². The van der Waals surface area contributed by atoms with E-state index in [-0.39, 0.29) is 11.3 Å². The number of para-hydroxylation sites is 1. The second-order valence-corrected chi connectivity index (χ2v) is 5.14. The van der Waals surface area contributed by atoms with E-state index in [9.17, 15) is 9.18 Å². The summed E-state index contributed by atoms with van der Waals surface area (Å²) in [6, 6.07) is 13.7. The maximum Gasteiger partial charge on any atom is 0.196 e. The van der Waals surface area contributed by atoms with Gasteiger partial charge in [0.05, 0.1) is 11.1 Å². The van der Waals surface area contributed by atoms with Gasteiger partial charge in [-0.25, -0.2) is 4.39 Å². The zero-order valence-electron chi connectivity index (χ0n) is 11.9. The number of aromatic nitrogens is 1. The fourth-order valence-corrected chi connectivity index (χ4v) is 2.45. The Balaban J connectivity index is 2.24. The number of halogens is 1. The van der Waals surface area contributed by atoms with Crippen molar-refractivity contribution in [2.24, 2.45) is 0 Å². The molecule has 0 saturated carbocycles. The lowest BCUT2D eigenvalue weighted by Crippen LogP contribution is -2.06. The van der Waals surface area contributed by atoms with Gasteiger partial charge in [0.2, 0.25) is 0 Å². The molecule has 0 spiro atoms. The molecule has 3 rings (SSSR count). The van der Waals surface area contributed by atoms with Crippen LogP contribution < -0.4 is 0 Å². The van der Waals surface area contributed by atoms with Crippen LogP contribution in [0.15, 0.2) is 48.5 Å². The Labute approximate surface area is 122 Å². The van der Waals surface area contributed by atoms with Gasteiger partial charge in [0.15, 0.2) is 5.78 Å². The molecular formula is C18H14FNO. The lowest BCUT2D eigenvalue weighted by Gasteiger charge is -2.08. The van der Waals surface area contributed by atoms with E-state index in [1.807, 2.05) is 38.1 Å². The Bertz CT molecular complexity index is 855. The zero-order valence-corrected chi connectivity index (χ0v) is 11.9. The van der Waals surface area contributed by atoms with Gasteiger partial charge in [-0.3, -0.25) is 9.78 Å². The van der Waals surface area contributed by atoms with Gasteiger partial charge in [-0.15, -0.1) is 0 Å². The molecule has 0 bridgehead atoms. The molecule has 3 heteroatoms. The molecule has 0 atom stereocenters. The highest BCUT2D eigenvalue weighted by atomic mass is 19.1. The van der Waals surface area contributed by atoms with Crippen LogP contribution in [0.3, 0.4) is 0 Å². The second-order valence-electron chi connectivity index (χ2n) is 5.14. The Kier molecular flexibility index (Phi) is 3.26. The molecule has 0 N–H and O–H groups in total. The molecule has 3 aromatic rings. The Hall–Kier alpha value is -2.55. The molecule has 1 aromatic heterocycles. The quantitative estimate of drug-likeness (QED) is 0.657. The summed E-state index contributed by atoms with van der Waals surface area (Å²) in [4.78, 5) is 17.1. The lowest BCUT2D eigenvalue weighted by atomic mass is 9.97. The van der Waals surface area contributed by atoms with E-state index < -0.39 is 5.82 Å². The number of carbonyl (C=O) groups is 1. The van der Waals surface area contributed by atoms with Gasteiger partial charge in [0.25, 0.3) is 0 Å². The number of hydrogen-bond donors (Lipinski definition) is 0. The minimum Gasteiger partial charge on any atom is -0.288 e. The average molecular weight is 279 g/mol. The van der Waals surface area contributed by atoms with E-state index in [2.05, 4.69) is 4.98 Å². The van der Waals surface area contributed by atoms with E-state index >= 15 is 0 Å². The molecule has 2 nitrogen and oxygen atoms in total. The summed E-state index contributed by atoms with van der Waals surface area (Å²) in [5.41, 5.74) is 2.93. The molecule has 0 unspecified atom stereocenters.